The quantitative estimate of drug-likeness (QED) is 0.0899. The molecule has 0 spiro atoms. The number of aliphatic hydroxyl groups is 1. The second kappa shape index (κ2) is 11.9. The number of aromatic nitrogens is 1. The molecule has 0 saturated carbocycles. The van der Waals surface area contributed by atoms with E-state index >= 15 is 0 Å². The van der Waals surface area contributed by atoms with Gasteiger partial charge in [0, 0.05) is 17.0 Å². The summed E-state index contributed by atoms with van der Waals surface area (Å²) in [7, 11) is 0. The monoisotopic (exact) mass is 618 g/mol. The van der Waals surface area contributed by atoms with Crippen molar-refractivity contribution in [1.29, 1.82) is 0 Å². The van der Waals surface area contributed by atoms with E-state index in [0.29, 0.717) is 57.9 Å². The van der Waals surface area contributed by atoms with E-state index in [-0.39, 0.29) is 17.4 Å². The smallest absolute Gasteiger partial charge is 0.301 e. The van der Waals surface area contributed by atoms with E-state index in [0.717, 1.165) is 28.9 Å². The van der Waals surface area contributed by atoms with E-state index in [1.807, 2.05) is 19.9 Å². The Balaban J connectivity index is 1.51. The summed E-state index contributed by atoms with van der Waals surface area (Å²) in [6.45, 7) is 6.86. The Bertz CT molecular complexity index is 1770. The van der Waals surface area contributed by atoms with Crippen LogP contribution in [0.15, 0.2) is 60.2 Å². The largest absolute Gasteiger partial charge is 0.507 e. The van der Waals surface area contributed by atoms with Crippen molar-refractivity contribution in [3.63, 3.8) is 0 Å². The number of halogens is 1. The lowest BCUT2D eigenvalue weighted by atomic mass is 9.94. The number of ether oxygens (including phenoxy) is 3. The van der Waals surface area contributed by atoms with E-state index in [2.05, 4.69) is 11.9 Å². The Morgan fingerprint density at radius 1 is 1.09 bits per heavy atom. The molecule has 1 amide bonds. The van der Waals surface area contributed by atoms with Crippen molar-refractivity contribution in [2.24, 2.45) is 0 Å². The van der Waals surface area contributed by atoms with Gasteiger partial charge in [0.1, 0.15) is 17.6 Å². The molecule has 8 nitrogen and oxygen atoms in total. The number of nitrogens with zero attached hydrogens (tertiary/aromatic N) is 2. The van der Waals surface area contributed by atoms with Crippen molar-refractivity contribution < 1.29 is 28.9 Å². The first kappa shape index (κ1) is 29.0. The number of hydrogen-bond acceptors (Lipinski definition) is 8. The Labute approximate surface area is 258 Å². The molecule has 0 bridgehead atoms. The molecular weight excluding hydrogens is 588 g/mol. The van der Waals surface area contributed by atoms with Crippen LogP contribution in [0.1, 0.15) is 56.3 Å². The summed E-state index contributed by atoms with van der Waals surface area (Å²) in [5.41, 5.74) is 2.55. The molecule has 43 heavy (non-hydrogen) atoms. The number of aliphatic hydroxyl groups excluding tert-OH is 1. The SMILES string of the molecule is CCCCOc1ccc(C2/C(=C(\O)c3ccc4c(c3)CC(C)O4)C(=O)C(=O)N2c2nc3ccc(Cl)cc3s2)cc1OCC. The summed E-state index contributed by atoms with van der Waals surface area (Å²) < 4.78 is 18.5. The van der Waals surface area contributed by atoms with Gasteiger partial charge >= 0.3 is 5.91 Å². The number of ketones is 1. The maximum absolute atomic E-state index is 13.8. The topological polar surface area (TPSA) is 98.2 Å². The van der Waals surface area contributed by atoms with Crippen molar-refractivity contribution in [2.75, 3.05) is 18.1 Å². The first-order valence-corrected chi connectivity index (χ1v) is 15.5. The summed E-state index contributed by atoms with van der Waals surface area (Å²) >= 11 is 7.47. The molecule has 1 fully saturated rings. The number of amides is 1. The number of fused-ring (bicyclic) bond motifs is 2. The lowest BCUT2D eigenvalue weighted by Gasteiger charge is -2.24. The van der Waals surface area contributed by atoms with Gasteiger partial charge in [-0.05, 0) is 79.9 Å². The summed E-state index contributed by atoms with van der Waals surface area (Å²) in [6.07, 6.45) is 2.57. The van der Waals surface area contributed by atoms with E-state index in [9.17, 15) is 14.7 Å². The molecule has 3 heterocycles. The highest BCUT2D eigenvalue weighted by atomic mass is 35.5. The summed E-state index contributed by atoms with van der Waals surface area (Å²) in [4.78, 5) is 33.6. The first-order chi connectivity index (χ1) is 20.8. The first-order valence-electron chi connectivity index (χ1n) is 14.4. The normalized spacial score (nSPS) is 19.1. The molecule has 4 aromatic rings. The third kappa shape index (κ3) is 5.43. The summed E-state index contributed by atoms with van der Waals surface area (Å²) in [5.74, 6) is -0.0465. The number of benzene rings is 3. The van der Waals surface area contributed by atoms with Crippen LogP contribution >= 0.6 is 22.9 Å². The van der Waals surface area contributed by atoms with E-state index < -0.39 is 17.7 Å². The van der Waals surface area contributed by atoms with Crippen LogP contribution in [0, 0.1) is 0 Å². The molecule has 2 aliphatic heterocycles. The molecular formula is C33H31ClN2O6S. The van der Waals surface area contributed by atoms with Crippen LogP contribution in [-0.2, 0) is 16.0 Å². The van der Waals surface area contributed by atoms with Gasteiger partial charge in [-0.1, -0.05) is 42.3 Å². The maximum Gasteiger partial charge on any atom is 0.301 e. The highest BCUT2D eigenvalue weighted by molar-refractivity contribution is 7.22. The Hall–Kier alpha value is -4.08. The number of carbonyl (C=O) groups excluding carboxylic acids is 2. The average molecular weight is 619 g/mol. The van der Waals surface area contributed by atoms with Gasteiger partial charge in [0.15, 0.2) is 16.6 Å². The maximum atomic E-state index is 13.8. The molecule has 0 aliphatic carbocycles. The van der Waals surface area contributed by atoms with Crippen LogP contribution in [0.3, 0.4) is 0 Å². The minimum absolute atomic E-state index is 0.0144. The standard InChI is InChI=1S/C33H31ClN2O6S/c1-4-6-13-41-25-12-7-19(16-26(25)40-5-2)29-28(30(37)20-8-11-24-21(15-20)14-18(3)42-24)31(38)32(39)36(29)33-35-23-10-9-22(34)17-27(23)43-33/h7-12,15-18,29,37H,4-6,13-14H2,1-3H3/b30-28+. The van der Waals surface area contributed by atoms with Crippen LogP contribution in [0.4, 0.5) is 5.13 Å². The zero-order valence-corrected chi connectivity index (χ0v) is 25.6. The number of Topliss-reactive ketones (excluding diaryl/α,β-unsaturated/α-hetero) is 1. The van der Waals surface area contributed by atoms with Crippen molar-refractivity contribution in [3.8, 4) is 17.2 Å². The lowest BCUT2D eigenvalue weighted by molar-refractivity contribution is -0.132. The van der Waals surface area contributed by atoms with Crippen molar-refractivity contribution in [2.45, 2.75) is 52.2 Å². The summed E-state index contributed by atoms with van der Waals surface area (Å²) in [5, 5.41) is 12.6. The average Bonchev–Trinajstić information content (AvgIpc) is 3.65. The molecule has 2 unspecified atom stereocenters. The van der Waals surface area contributed by atoms with Gasteiger partial charge in [0.25, 0.3) is 5.78 Å². The Kier molecular flexibility index (Phi) is 8.03. The van der Waals surface area contributed by atoms with Crippen LogP contribution in [0.2, 0.25) is 5.02 Å². The van der Waals surface area contributed by atoms with E-state index in [4.69, 9.17) is 25.8 Å². The van der Waals surface area contributed by atoms with Gasteiger partial charge in [-0.15, -0.1) is 0 Å². The van der Waals surface area contributed by atoms with Gasteiger partial charge in [0.2, 0.25) is 0 Å². The molecule has 2 atom stereocenters. The molecule has 1 saturated heterocycles. The molecule has 10 heteroatoms. The fourth-order valence-corrected chi connectivity index (χ4v) is 6.74. The van der Waals surface area contributed by atoms with Gasteiger partial charge in [-0.25, -0.2) is 4.98 Å². The van der Waals surface area contributed by atoms with Crippen LogP contribution in [0.5, 0.6) is 17.2 Å². The number of carbonyl (C=O) groups is 2. The van der Waals surface area contributed by atoms with Crippen molar-refractivity contribution in [1.82, 2.24) is 4.98 Å². The third-order valence-corrected chi connectivity index (χ3v) is 8.75. The molecule has 0 radical (unpaired) electrons. The molecule has 222 valence electrons. The van der Waals surface area contributed by atoms with Gasteiger partial charge in [0.05, 0.1) is 35.0 Å². The molecule has 6 rings (SSSR count). The summed E-state index contributed by atoms with van der Waals surface area (Å²) in [6, 6.07) is 14.9. The second-order valence-corrected chi connectivity index (χ2v) is 12.0. The molecule has 2 aliphatic rings. The highest BCUT2D eigenvalue weighted by Crippen LogP contribution is 2.46. The number of anilines is 1. The fraction of sp³-hybridized carbons (Fsp3) is 0.303. The van der Waals surface area contributed by atoms with E-state index in [1.165, 1.54) is 16.2 Å². The third-order valence-electron chi connectivity index (χ3n) is 7.50. The fourth-order valence-electron chi connectivity index (χ4n) is 5.47. The van der Waals surface area contributed by atoms with Gasteiger partial charge in [-0.3, -0.25) is 14.5 Å². The number of unbranched alkanes of at least 4 members (excludes halogenated alkanes) is 1. The Morgan fingerprint density at radius 3 is 2.72 bits per heavy atom. The predicted octanol–water partition coefficient (Wildman–Crippen LogP) is 7.48. The number of rotatable bonds is 9. The van der Waals surface area contributed by atoms with Gasteiger partial charge in [-0.2, -0.15) is 0 Å². The highest BCUT2D eigenvalue weighted by Gasteiger charge is 2.48. The van der Waals surface area contributed by atoms with Gasteiger partial charge < -0.3 is 19.3 Å². The minimum Gasteiger partial charge on any atom is -0.507 e. The van der Waals surface area contributed by atoms with Crippen LogP contribution < -0.4 is 19.1 Å². The van der Waals surface area contributed by atoms with Crippen molar-refractivity contribution >= 4 is 55.7 Å². The second-order valence-electron chi connectivity index (χ2n) is 10.6. The molecule has 3 aromatic carbocycles. The molecule has 1 N–H and O–H groups in total. The van der Waals surface area contributed by atoms with Crippen LogP contribution in [-0.4, -0.2) is 41.1 Å². The Morgan fingerprint density at radius 2 is 1.93 bits per heavy atom. The zero-order valence-electron chi connectivity index (χ0n) is 24.1. The predicted molar refractivity (Wildman–Crippen MR) is 168 cm³/mol. The number of hydrogen-bond donors (Lipinski definition) is 1. The van der Waals surface area contributed by atoms with Crippen molar-refractivity contribution in [3.05, 3.63) is 81.9 Å². The molecule has 1 aromatic heterocycles. The number of thiazole rings is 1. The lowest BCUT2D eigenvalue weighted by Crippen LogP contribution is -2.29. The van der Waals surface area contributed by atoms with Crippen LogP contribution in [0.25, 0.3) is 16.0 Å². The minimum atomic E-state index is -0.969. The zero-order chi connectivity index (χ0) is 30.2. The van der Waals surface area contributed by atoms with E-state index in [1.54, 1.807) is 48.5 Å².